The number of nitrogens with two attached hydrogens (primary N) is 1. The molecule has 0 atom stereocenters. The maximum absolute atomic E-state index is 12.1. The van der Waals surface area contributed by atoms with Gasteiger partial charge in [-0.15, -0.1) is 0 Å². The molecule has 0 saturated carbocycles. The van der Waals surface area contributed by atoms with Gasteiger partial charge in [0.15, 0.2) is 5.75 Å². The van der Waals surface area contributed by atoms with Gasteiger partial charge in [-0.2, -0.15) is 0 Å². The summed E-state index contributed by atoms with van der Waals surface area (Å²) in [6, 6.07) is 3.26. The minimum absolute atomic E-state index is 0.0388. The standard InChI is InChI=1S/C16H23N3O7S/c1-16(2,3)26-15(20)18-8-6-11(7-9-18)25-14-5-4-12(27(17,23)24)10-13(14)19(21)22/h4-5,10-11H,6-9H2,1-3H3,(H2,17,23,24). The molecule has 0 aliphatic carbocycles. The van der Waals surface area contributed by atoms with E-state index in [1.54, 1.807) is 25.7 Å². The summed E-state index contributed by atoms with van der Waals surface area (Å²) in [5, 5.41) is 16.2. The molecule has 2 rings (SSSR count). The van der Waals surface area contributed by atoms with E-state index in [2.05, 4.69) is 0 Å². The third kappa shape index (κ3) is 5.79. The van der Waals surface area contributed by atoms with Crippen molar-refractivity contribution in [3.8, 4) is 5.75 Å². The van der Waals surface area contributed by atoms with Gasteiger partial charge in [-0.3, -0.25) is 10.1 Å². The van der Waals surface area contributed by atoms with Crippen LogP contribution in [0, 0.1) is 10.1 Å². The number of carbonyl (C=O) groups excluding carboxylic acids is 1. The summed E-state index contributed by atoms with van der Waals surface area (Å²) in [6.07, 6.45) is 0.174. The highest BCUT2D eigenvalue weighted by atomic mass is 32.2. The Hall–Kier alpha value is -2.40. The molecule has 1 aliphatic rings. The van der Waals surface area contributed by atoms with Gasteiger partial charge in [-0.05, 0) is 32.9 Å². The molecule has 1 amide bonds. The predicted octanol–water partition coefficient (Wildman–Crippen LogP) is 2.02. The monoisotopic (exact) mass is 401 g/mol. The number of benzene rings is 1. The lowest BCUT2D eigenvalue weighted by molar-refractivity contribution is -0.386. The number of nitro groups is 1. The van der Waals surface area contributed by atoms with Crippen molar-refractivity contribution in [1.82, 2.24) is 4.90 Å². The van der Waals surface area contributed by atoms with Crippen LogP contribution in [0.25, 0.3) is 0 Å². The lowest BCUT2D eigenvalue weighted by atomic mass is 10.1. The van der Waals surface area contributed by atoms with Crippen molar-refractivity contribution < 1.29 is 27.6 Å². The van der Waals surface area contributed by atoms with E-state index in [9.17, 15) is 23.3 Å². The van der Waals surface area contributed by atoms with Gasteiger partial charge in [0.1, 0.15) is 11.7 Å². The quantitative estimate of drug-likeness (QED) is 0.600. The minimum atomic E-state index is -4.06. The number of sulfonamides is 1. The lowest BCUT2D eigenvalue weighted by Gasteiger charge is -2.33. The van der Waals surface area contributed by atoms with Crippen LogP contribution in [0.4, 0.5) is 10.5 Å². The van der Waals surface area contributed by atoms with Crippen LogP contribution in [0.1, 0.15) is 33.6 Å². The first-order valence-electron chi connectivity index (χ1n) is 8.32. The Labute approximate surface area is 157 Å². The summed E-state index contributed by atoms with van der Waals surface area (Å²) in [4.78, 5) is 23.8. The van der Waals surface area contributed by atoms with Crippen LogP contribution in [-0.4, -0.2) is 49.1 Å². The van der Waals surface area contributed by atoms with Gasteiger partial charge in [-0.25, -0.2) is 18.4 Å². The molecule has 2 N–H and O–H groups in total. The van der Waals surface area contributed by atoms with Gasteiger partial charge in [0.2, 0.25) is 10.0 Å². The average Bonchev–Trinajstić information content (AvgIpc) is 2.53. The molecule has 1 heterocycles. The summed E-state index contributed by atoms with van der Waals surface area (Å²) >= 11 is 0. The first kappa shape index (κ1) is 20.9. The van der Waals surface area contributed by atoms with Gasteiger partial charge < -0.3 is 14.4 Å². The number of hydrogen-bond acceptors (Lipinski definition) is 7. The Balaban J connectivity index is 2.05. The molecule has 0 radical (unpaired) electrons. The van der Waals surface area contributed by atoms with Crippen LogP contribution in [0.2, 0.25) is 0 Å². The van der Waals surface area contributed by atoms with E-state index >= 15 is 0 Å². The normalized spacial score (nSPS) is 16.1. The van der Waals surface area contributed by atoms with E-state index in [1.165, 1.54) is 6.07 Å². The summed E-state index contributed by atoms with van der Waals surface area (Å²) in [6.45, 7) is 6.13. The molecule has 27 heavy (non-hydrogen) atoms. The van der Waals surface area contributed by atoms with Gasteiger partial charge in [-0.1, -0.05) is 0 Å². The Morgan fingerprint density at radius 2 is 1.89 bits per heavy atom. The maximum atomic E-state index is 12.1. The van der Waals surface area contributed by atoms with Crippen LogP contribution in [0.5, 0.6) is 5.75 Å². The second-order valence-corrected chi connectivity index (χ2v) is 8.78. The summed E-state index contributed by atoms with van der Waals surface area (Å²) in [5.41, 5.74) is -1.06. The molecule has 11 heteroatoms. The summed E-state index contributed by atoms with van der Waals surface area (Å²) < 4.78 is 33.7. The Kier molecular flexibility index (Phi) is 5.95. The molecular weight excluding hydrogens is 378 g/mol. The van der Waals surface area contributed by atoms with E-state index < -0.39 is 32.3 Å². The fourth-order valence-corrected chi connectivity index (χ4v) is 3.11. The third-order valence-corrected chi connectivity index (χ3v) is 4.75. The molecule has 1 aliphatic heterocycles. The molecule has 0 bridgehead atoms. The van der Waals surface area contributed by atoms with Crippen LogP contribution < -0.4 is 9.88 Å². The minimum Gasteiger partial charge on any atom is -0.483 e. The molecule has 0 unspecified atom stereocenters. The van der Waals surface area contributed by atoms with E-state index in [4.69, 9.17) is 14.6 Å². The molecule has 0 spiro atoms. The first-order valence-corrected chi connectivity index (χ1v) is 9.87. The number of nitro benzene ring substituents is 1. The zero-order valence-corrected chi connectivity index (χ0v) is 16.2. The van der Waals surface area contributed by atoms with Crippen LogP contribution in [0.3, 0.4) is 0 Å². The van der Waals surface area contributed by atoms with Crippen molar-refractivity contribution in [3.05, 3.63) is 28.3 Å². The topological polar surface area (TPSA) is 142 Å². The first-order chi connectivity index (χ1) is 12.4. The number of likely N-dealkylation sites (tertiary alicyclic amines) is 1. The fraction of sp³-hybridized carbons (Fsp3) is 0.562. The lowest BCUT2D eigenvalue weighted by Crippen LogP contribution is -2.44. The Morgan fingerprint density at radius 1 is 1.30 bits per heavy atom. The molecule has 10 nitrogen and oxygen atoms in total. The van der Waals surface area contributed by atoms with Crippen LogP contribution in [-0.2, 0) is 14.8 Å². The highest BCUT2D eigenvalue weighted by molar-refractivity contribution is 7.89. The van der Waals surface area contributed by atoms with Crippen molar-refractivity contribution in [2.75, 3.05) is 13.1 Å². The number of amides is 1. The van der Waals surface area contributed by atoms with Crippen molar-refractivity contribution in [2.24, 2.45) is 5.14 Å². The van der Waals surface area contributed by atoms with E-state index in [0.29, 0.717) is 25.9 Å². The fourth-order valence-electron chi connectivity index (χ4n) is 2.58. The molecule has 1 saturated heterocycles. The summed E-state index contributed by atoms with van der Waals surface area (Å²) in [5.74, 6) is -0.0388. The number of ether oxygens (including phenoxy) is 2. The number of rotatable bonds is 4. The van der Waals surface area contributed by atoms with Crippen molar-refractivity contribution >= 4 is 21.8 Å². The molecule has 1 aromatic rings. The molecular formula is C16H23N3O7S. The molecule has 1 fully saturated rings. The second kappa shape index (κ2) is 7.69. The second-order valence-electron chi connectivity index (χ2n) is 7.22. The van der Waals surface area contributed by atoms with E-state index in [-0.39, 0.29) is 16.7 Å². The highest BCUT2D eigenvalue weighted by Crippen LogP contribution is 2.31. The molecule has 0 aromatic heterocycles. The largest absolute Gasteiger partial charge is 0.483 e. The van der Waals surface area contributed by atoms with Gasteiger partial charge >= 0.3 is 11.8 Å². The van der Waals surface area contributed by atoms with Crippen molar-refractivity contribution in [2.45, 2.75) is 50.2 Å². The van der Waals surface area contributed by atoms with Gasteiger partial charge in [0.25, 0.3) is 0 Å². The van der Waals surface area contributed by atoms with E-state index in [0.717, 1.165) is 12.1 Å². The van der Waals surface area contributed by atoms with E-state index in [1.807, 2.05) is 0 Å². The zero-order valence-electron chi connectivity index (χ0n) is 15.4. The Morgan fingerprint density at radius 3 is 2.37 bits per heavy atom. The summed E-state index contributed by atoms with van der Waals surface area (Å²) in [7, 11) is -4.06. The van der Waals surface area contributed by atoms with Crippen molar-refractivity contribution in [3.63, 3.8) is 0 Å². The molecule has 1 aromatic carbocycles. The number of piperidine rings is 1. The van der Waals surface area contributed by atoms with Crippen LogP contribution >= 0.6 is 0 Å². The maximum Gasteiger partial charge on any atom is 0.410 e. The van der Waals surface area contributed by atoms with Gasteiger partial charge in [0.05, 0.1) is 9.82 Å². The average molecular weight is 401 g/mol. The highest BCUT2D eigenvalue weighted by Gasteiger charge is 2.29. The predicted molar refractivity (Wildman–Crippen MR) is 95.9 cm³/mol. The number of nitrogens with zero attached hydrogens (tertiary/aromatic N) is 2. The van der Waals surface area contributed by atoms with Crippen molar-refractivity contribution in [1.29, 1.82) is 0 Å². The number of hydrogen-bond donors (Lipinski definition) is 1. The molecule has 150 valence electrons. The van der Waals surface area contributed by atoms with Crippen LogP contribution in [0.15, 0.2) is 23.1 Å². The number of primary sulfonamides is 1. The number of carbonyl (C=O) groups is 1. The SMILES string of the molecule is CC(C)(C)OC(=O)N1CCC(Oc2ccc(S(N)(=O)=O)cc2[N+](=O)[O-])CC1. The zero-order chi connectivity index (χ0) is 20.4. The van der Waals surface area contributed by atoms with Gasteiger partial charge in [0, 0.05) is 32.0 Å². The Bertz CT molecular complexity index is 825. The third-order valence-electron chi connectivity index (χ3n) is 3.84. The smallest absolute Gasteiger partial charge is 0.410 e.